The molecule has 0 spiro atoms. The number of nitrogens with zero attached hydrogens (tertiary/aromatic N) is 1. The minimum absolute atomic E-state index is 0.964. The molecule has 2 N–H and O–H groups in total. The van der Waals surface area contributed by atoms with Crippen LogP contribution in [0.25, 0.3) is 10.9 Å². The van der Waals surface area contributed by atoms with E-state index < -0.39 is 0 Å². The third-order valence-electron chi connectivity index (χ3n) is 2.82. The van der Waals surface area contributed by atoms with Crippen molar-refractivity contribution in [3.05, 3.63) is 34.4 Å². The molecule has 1 heterocycles. The second-order valence-electron chi connectivity index (χ2n) is 4.36. The van der Waals surface area contributed by atoms with Crippen LogP contribution in [0.5, 0.6) is 0 Å². The first-order valence-electron chi connectivity index (χ1n) is 6.16. The molecule has 0 aliphatic rings. The summed E-state index contributed by atoms with van der Waals surface area (Å²) in [6.45, 7) is 4.02. The third kappa shape index (κ3) is 3.21. The molecule has 0 radical (unpaired) electrons. The van der Waals surface area contributed by atoms with Gasteiger partial charge in [0.25, 0.3) is 0 Å². The Morgan fingerprint density at radius 2 is 2.06 bits per heavy atom. The Hall–Kier alpha value is -1.13. The second kappa shape index (κ2) is 6.16. The molecule has 1 aromatic carbocycles. The van der Waals surface area contributed by atoms with E-state index in [-0.39, 0.29) is 0 Å². The molecule has 0 unspecified atom stereocenters. The van der Waals surface area contributed by atoms with Crippen molar-refractivity contribution in [3.8, 4) is 0 Å². The van der Waals surface area contributed by atoms with Crippen LogP contribution < -0.4 is 10.6 Å². The van der Waals surface area contributed by atoms with Crippen molar-refractivity contribution in [2.24, 2.45) is 0 Å². The number of hydrogen-bond donors (Lipinski definition) is 2. The van der Waals surface area contributed by atoms with Crippen LogP contribution in [0.4, 0.5) is 5.69 Å². The number of fused-ring (bicyclic) bond motifs is 1. The van der Waals surface area contributed by atoms with Crippen LogP contribution in [0.15, 0.2) is 28.7 Å². The summed E-state index contributed by atoms with van der Waals surface area (Å²) in [6, 6.07) is 8.29. The van der Waals surface area contributed by atoms with Gasteiger partial charge in [-0.2, -0.15) is 0 Å². The van der Waals surface area contributed by atoms with Crippen molar-refractivity contribution in [1.29, 1.82) is 0 Å². The van der Waals surface area contributed by atoms with Gasteiger partial charge in [0.15, 0.2) is 0 Å². The zero-order chi connectivity index (χ0) is 13.0. The predicted molar refractivity (Wildman–Crippen MR) is 81.2 cm³/mol. The van der Waals surface area contributed by atoms with Crippen LogP contribution in [0.2, 0.25) is 0 Å². The van der Waals surface area contributed by atoms with Gasteiger partial charge in [-0.15, -0.1) is 0 Å². The molecule has 0 aliphatic heterocycles. The van der Waals surface area contributed by atoms with Gasteiger partial charge in [-0.1, -0.05) is 15.9 Å². The molecule has 0 saturated carbocycles. The number of benzene rings is 1. The highest BCUT2D eigenvalue weighted by Gasteiger charge is 2.04. The molecule has 4 heteroatoms. The molecule has 0 fully saturated rings. The second-order valence-corrected chi connectivity index (χ2v) is 5.27. The van der Waals surface area contributed by atoms with Gasteiger partial charge in [0.2, 0.25) is 0 Å². The monoisotopic (exact) mass is 307 g/mol. The maximum atomic E-state index is 4.55. The number of pyridine rings is 1. The molecule has 0 aliphatic carbocycles. The summed E-state index contributed by atoms with van der Waals surface area (Å²) >= 11 is 3.51. The molecule has 2 aromatic rings. The normalized spacial score (nSPS) is 10.8. The molecule has 0 atom stereocenters. The predicted octanol–water partition coefficient (Wildman–Crippen LogP) is 3.33. The number of hydrogen-bond acceptors (Lipinski definition) is 3. The molecule has 3 nitrogen and oxygen atoms in total. The highest BCUT2D eigenvalue weighted by molar-refractivity contribution is 9.10. The number of nitrogens with one attached hydrogen (secondary N) is 2. The van der Waals surface area contributed by atoms with Crippen LogP contribution in [-0.4, -0.2) is 25.1 Å². The fraction of sp³-hybridized carbons (Fsp3) is 0.357. The number of rotatable bonds is 5. The Morgan fingerprint density at radius 3 is 2.83 bits per heavy atom. The standard InChI is InChI=1S/C14H18BrN3/c1-10-8-14(17-7-3-6-16-2)12-9-11(15)4-5-13(12)18-10/h4-5,8-9,16H,3,6-7H2,1-2H3,(H,17,18). The minimum Gasteiger partial charge on any atom is -0.384 e. The van der Waals surface area contributed by atoms with Crippen LogP contribution >= 0.6 is 15.9 Å². The lowest BCUT2D eigenvalue weighted by atomic mass is 10.1. The molecular formula is C14H18BrN3. The number of aryl methyl sites for hydroxylation is 1. The number of aromatic nitrogens is 1. The van der Waals surface area contributed by atoms with Gasteiger partial charge in [-0.25, -0.2) is 0 Å². The highest BCUT2D eigenvalue weighted by atomic mass is 79.9. The van der Waals surface area contributed by atoms with E-state index in [9.17, 15) is 0 Å². The van der Waals surface area contributed by atoms with Crippen LogP contribution in [0.3, 0.4) is 0 Å². The Morgan fingerprint density at radius 1 is 1.22 bits per heavy atom. The zero-order valence-corrected chi connectivity index (χ0v) is 12.3. The summed E-state index contributed by atoms with van der Waals surface area (Å²) in [5, 5.41) is 7.81. The Balaban J connectivity index is 2.27. The zero-order valence-electron chi connectivity index (χ0n) is 10.8. The first-order chi connectivity index (χ1) is 8.70. The smallest absolute Gasteiger partial charge is 0.0726 e. The maximum Gasteiger partial charge on any atom is 0.0726 e. The van der Waals surface area contributed by atoms with Crippen molar-refractivity contribution in [2.45, 2.75) is 13.3 Å². The van der Waals surface area contributed by atoms with E-state index in [0.29, 0.717) is 0 Å². The quantitative estimate of drug-likeness (QED) is 0.832. The first-order valence-corrected chi connectivity index (χ1v) is 6.95. The Bertz CT molecular complexity index is 540. The lowest BCUT2D eigenvalue weighted by molar-refractivity contribution is 0.748. The van der Waals surface area contributed by atoms with Gasteiger partial charge in [0, 0.05) is 27.8 Å². The molecule has 18 heavy (non-hydrogen) atoms. The fourth-order valence-corrected chi connectivity index (χ4v) is 2.33. The van der Waals surface area contributed by atoms with Crippen LogP contribution in [0.1, 0.15) is 12.1 Å². The van der Waals surface area contributed by atoms with Crippen LogP contribution in [-0.2, 0) is 0 Å². The summed E-state index contributed by atoms with van der Waals surface area (Å²) in [4.78, 5) is 4.55. The molecule has 96 valence electrons. The largest absolute Gasteiger partial charge is 0.384 e. The molecule has 0 bridgehead atoms. The lowest BCUT2D eigenvalue weighted by Crippen LogP contribution is -2.13. The topological polar surface area (TPSA) is 37.0 Å². The van der Waals surface area contributed by atoms with Gasteiger partial charge in [0.05, 0.1) is 5.52 Å². The van der Waals surface area contributed by atoms with Gasteiger partial charge in [-0.3, -0.25) is 4.98 Å². The van der Waals surface area contributed by atoms with Crippen molar-refractivity contribution in [1.82, 2.24) is 10.3 Å². The summed E-state index contributed by atoms with van der Waals surface area (Å²) < 4.78 is 1.08. The van der Waals surface area contributed by atoms with Crippen molar-refractivity contribution < 1.29 is 0 Å². The Kier molecular flexibility index (Phi) is 4.55. The van der Waals surface area contributed by atoms with Crippen molar-refractivity contribution in [3.63, 3.8) is 0 Å². The van der Waals surface area contributed by atoms with E-state index in [1.54, 1.807) is 0 Å². The van der Waals surface area contributed by atoms with Gasteiger partial charge >= 0.3 is 0 Å². The van der Waals surface area contributed by atoms with E-state index in [0.717, 1.165) is 40.9 Å². The highest BCUT2D eigenvalue weighted by Crippen LogP contribution is 2.26. The minimum atomic E-state index is 0.964. The maximum absolute atomic E-state index is 4.55. The summed E-state index contributed by atoms with van der Waals surface area (Å²) in [5.74, 6) is 0. The summed E-state index contributed by atoms with van der Waals surface area (Å²) in [5.41, 5.74) is 3.24. The number of anilines is 1. The van der Waals surface area contributed by atoms with Crippen molar-refractivity contribution in [2.75, 3.05) is 25.5 Å². The summed E-state index contributed by atoms with van der Waals surface area (Å²) in [6.07, 6.45) is 1.10. The molecule has 2 rings (SSSR count). The third-order valence-corrected chi connectivity index (χ3v) is 3.31. The van der Waals surface area contributed by atoms with Gasteiger partial charge < -0.3 is 10.6 Å². The lowest BCUT2D eigenvalue weighted by Gasteiger charge is -2.11. The van der Waals surface area contributed by atoms with Crippen LogP contribution in [0, 0.1) is 6.92 Å². The van der Waals surface area contributed by atoms with Gasteiger partial charge in [-0.05, 0) is 51.2 Å². The molecule has 1 aromatic heterocycles. The summed E-state index contributed by atoms with van der Waals surface area (Å²) in [7, 11) is 1.98. The van der Waals surface area contributed by atoms with E-state index in [1.165, 1.54) is 5.39 Å². The average molecular weight is 308 g/mol. The SMILES string of the molecule is CNCCCNc1cc(C)nc2ccc(Br)cc12. The first kappa shape index (κ1) is 13.3. The van der Waals surface area contributed by atoms with E-state index in [2.05, 4.69) is 43.7 Å². The van der Waals surface area contributed by atoms with E-state index in [1.807, 2.05) is 26.1 Å². The van der Waals surface area contributed by atoms with E-state index >= 15 is 0 Å². The molecule has 0 saturated heterocycles. The Labute approximate surface area is 116 Å². The van der Waals surface area contributed by atoms with E-state index in [4.69, 9.17) is 0 Å². The average Bonchev–Trinajstić information content (AvgIpc) is 2.35. The fourth-order valence-electron chi connectivity index (χ4n) is 1.96. The van der Waals surface area contributed by atoms with Gasteiger partial charge in [0.1, 0.15) is 0 Å². The number of halogens is 1. The molecule has 0 amide bonds. The van der Waals surface area contributed by atoms with Crippen molar-refractivity contribution >= 4 is 32.5 Å². The molecular weight excluding hydrogens is 290 g/mol.